The third-order valence-electron chi connectivity index (χ3n) is 2.79. The number of alkyl halides is 3. The van der Waals surface area contributed by atoms with Gasteiger partial charge in [0.1, 0.15) is 11.5 Å². The van der Waals surface area contributed by atoms with Gasteiger partial charge in [-0.05, 0) is 12.1 Å². The smallest absolute Gasteiger partial charge is 0.496 e. The molecule has 0 aliphatic rings. The molecule has 5 nitrogen and oxygen atoms in total. The van der Waals surface area contributed by atoms with Gasteiger partial charge in [0.2, 0.25) is 0 Å². The highest BCUT2D eigenvalue weighted by Gasteiger charge is 2.32. The number of aromatic nitrogens is 1. The van der Waals surface area contributed by atoms with Gasteiger partial charge in [0.15, 0.2) is 5.69 Å². The number of pyridine rings is 1. The molecule has 2 rings (SSSR count). The van der Waals surface area contributed by atoms with Crippen LogP contribution in [0.2, 0.25) is 10.0 Å². The molecule has 24 heavy (non-hydrogen) atoms. The number of benzene rings is 1. The van der Waals surface area contributed by atoms with Crippen LogP contribution in [0, 0.1) is 0 Å². The van der Waals surface area contributed by atoms with Gasteiger partial charge in [-0.15, -0.1) is 13.2 Å². The van der Waals surface area contributed by atoms with Crippen molar-refractivity contribution in [2.24, 2.45) is 0 Å². The van der Waals surface area contributed by atoms with Gasteiger partial charge in [-0.3, -0.25) is 0 Å². The maximum atomic E-state index is 12.3. The number of hydrogen-bond acceptors (Lipinski definition) is 4. The van der Waals surface area contributed by atoms with Gasteiger partial charge in [-0.1, -0.05) is 23.2 Å². The predicted octanol–water partition coefficient (Wildman–Crippen LogP) is 4.66. The van der Waals surface area contributed by atoms with Crippen molar-refractivity contribution in [2.75, 3.05) is 7.11 Å². The fourth-order valence-electron chi connectivity index (χ4n) is 1.89. The topological polar surface area (TPSA) is 68.7 Å². The SMILES string of the molecule is COc1cc(OC(F)(F)F)cc(Cl)c1-c1ccc(Cl)c(C(=O)O)n1. The first kappa shape index (κ1) is 18.2. The number of ether oxygens (including phenoxy) is 2. The van der Waals surface area contributed by atoms with E-state index in [1.807, 2.05) is 0 Å². The minimum absolute atomic E-state index is 0.0669. The molecule has 2 aromatic rings. The number of methoxy groups -OCH3 is 1. The van der Waals surface area contributed by atoms with Gasteiger partial charge in [0, 0.05) is 12.1 Å². The molecule has 0 aliphatic carbocycles. The zero-order valence-corrected chi connectivity index (χ0v) is 13.3. The van der Waals surface area contributed by atoms with E-state index in [2.05, 4.69) is 9.72 Å². The van der Waals surface area contributed by atoms with E-state index in [1.54, 1.807) is 0 Å². The Hall–Kier alpha value is -2.19. The summed E-state index contributed by atoms with van der Waals surface area (Å²) >= 11 is 11.7. The highest BCUT2D eigenvalue weighted by molar-refractivity contribution is 6.34. The zero-order valence-electron chi connectivity index (χ0n) is 11.8. The first-order valence-corrected chi connectivity index (χ1v) is 6.91. The van der Waals surface area contributed by atoms with Crippen molar-refractivity contribution in [2.45, 2.75) is 6.36 Å². The number of aromatic carboxylic acids is 1. The Morgan fingerprint density at radius 1 is 1.21 bits per heavy atom. The van der Waals surface area contributed by atoms with Crippen LogP contribution in [0.25, 0.3) is 11.3 Å². The van der Waals surface area contributed by atoms with E-state index >= 15 is 0 Å². The maximum absolute atomic E-state index is 12.3. The van der Waals surface area contributed by atoms with Gasteiger partial charge >= 0.3 is 12.3 Å². The van der Waals surface area contributed by atoms with Crippen LogP contribution < -0.4 is 9.47 Å². The van der Waals surface area contributed by atoms with Crippen molar-refractivity contribution in [1.82, 2.24) is 4.98 Å². The number of nitrogens with zero attached hydrogens (tertiary/aromatic N) is 1. The lowest BCUT2D eigenvalue weighted by Gasteiger charge is -2.15. The van der Waals surface area contributed by atoms with E-state index in [4.69, 9.17) is 33.0 Å². The molecule has 128 valence electrons. The van der Waals surface area contributed by atoms with Crippen molar-refractivity contribution in [3.05, 3.63) is 40.0 Å². The summed E-state index contributed by atoms with van der Waals surface area (Å²) < 4.78 is 45.8. The molecular weight excluding hydrogens is 374 g/mol. The molecule has 1 aromatic heterocycles. The minimum Gasteiger partial charge on any atom is -0.496 e. The van der Waals surface area contributed by atoms with E-state index < -0.39 is 23.8 Å². The van der Waals surface area contributed by atoms with Gasteiger partial charge in [-0.2, -0.15) is 0 Å². The number of hydrogen-bond donors (Lipinski definition) is 1. The molecule has 0 aliphatic heterocycles. The Balaban J connectivity index is 2.59. The molecule has 0 saturated carbocycles. The van der Waals surface area contributed by atoms with Crippen molar-refractivity contribution >= 4 is 29.2 Å². The Morgan fingerprint density at radius 3 is 2.42 bits per heavy atom. The number of carboxylic acids is 1. The van der Waals surface area contributed by atoms with Gasteiger partial charge in [0.25, 0.3) is 0 Å². The molecule has 0 atom stereocenters. The Kier molecular flexibility index (Phi) is 5.10. The fraction of sp³-hybridized carbons (Fsp3) is 0.143. The van der Waals surface area contributed by atoms with Crippen LogP contribution in [0.15, 0.2) is 24.3 Å². The zero-order chi connectivity index (χ0) is 18.1. The lowest BCUT2D eigenvalue weighted by Crippen LogP contribution is -2.17. The quantitative estimate of drug-likeness (QED) is 0.833. The summed E-state index contributed by atoms with van der Waals surface area (Å²) in [4.78, 5) is 15.0. The van der Waals surface area contributed by atoms with Crippen LogP contribution >= 0.6 is 23.2 Å². The lowest BCUT2D eigenvalue weighted by molar-refractivity contribution is -0.274. The molecule has 0 fully saturated rings. The molecule has 10 heteroatoms. The summed E-state index contributed by atoms with van der Waals surface area (Å²) in [6, 6.07) is 4.53. The number of rotatable bonds is 4. The third-order valence-corrected chi connectivity index (χ3v) is 3.39. The second-order valence-electron chi connectivity index (χ2n) is 4.36. The molecule has 0 saturated heterocycles. The fourth-order valence-corrected chi connectivity index (χ4v) is 2.37. The van der Waals surface area contributed by atoms with E-state index in [-0.39, 0.29) is 27.1 Å². The lowest BCUT2D eigenvalue weighted by atomic mass is 10.1. The summed E-state index contributed by atoms with van der Waals surface area (Å²) in [6.45, 7) is 0. The highest BCUT2D eigenvalue weighted by atomic mass is 35.5. The predicted molar refractivity (Wildman–Crippen MR) is 79.9 cm³/mol. The number of carboxylic acid groups (broad SMARTS) is 1. The van der Waals surface area contributed by atoms with Crippen LogP contribution in [-0.4, -0.2) is 29.5 Å². The van der Waals surface area contributed by atoms with E-state index in [0.29, 0.717) is 0 Å². The van der Waals surface area contributed by atoms with Gasteiger partial charge in [0.05, 0.1) is 28.4 Å². The molecule has 0 bridgehead atoms. The summed E-state index contributed by atoms with van der Waals surface area (Å²) in [5.74, 6) is -2.03. The highest BCUT2D eigenvalue weighted by Crippen LogP contribution is 2.40. The number of carbonyl (C=O) groups is 1. The Labute approximate surface area is 143 Å². The largest absolute Gasteiger partial charge is 0.573 e. The van der Waals surface area contributed by atoms with Crippen molar-refractivity contribution in [3.63, 3.8) is 0 Å². The normalized spacial score (nSPS) is 11.2. The van der Waals surface area contributed by atoms with Gasteiger partial charge in [-0.25, -0.2) is 9.78 Å². The van der Waals surface area contributed by atoms with Crippen molar-refractivity contribution in [3.8, 4) is 22.8 Å². The van der Waals surface area contributed by atoms with Crippen LogP contribution in [0.1, 0.15) is 10.5 Å². The Morgan fingerprint density at radius 2 is 1.88 bits per heavy atom. The molecule has 1 N–H and O–H groups in total. The van der Waals surface area contributed by atoms with Crippen molar-refractivity contribution < 1.29 is 32.5 Å². The average Bonchev–Trinajstić information content (AvgIpc) is 2.45. The number of halogens is 5. The van der Waals surface area contributed by atoms with Crippen LogP contribution in [0.3, 0.4) is 0 Å². The van der Waals surface area contributed by atoms with E-state index in [9.17, 15) is 18.0 Å². The second-order valence-corrected chi connectivity index (χ2v) is 5.18. The van der Waals surface area contributed by atoms with Crippen LogP contribution in [0.4, 0.5) is 13.2 Å². The van der Waals surface area contributed by atoms with Crippen molar-refractivity contribution in [1.29, 1.82) is 0 Å². The molecule has 0 spiro atoms. The van der Waals surface area contributed by atoms with Gasteiger partial charge < -0.3 is 14.6 Å². The average molecular weight is 382 g/mol. The minimum atomic E-state index is -4.90. The first-order valence-electron chi connectivity index (χ1n) is 6.16. The summed E-state index contributed by atoms with van der Waals surface area (Å²) in [7, 11) is 1.21. The molecule has 0 amide bonds. The second kappa shape index (κ2) is 6.74. The van der Waals surface area contributed by atoms with E-state index in [1.165, 1.54) is 19.2 Å². The van der Waals surface area contributed by atoms with E-state index in [0.717, 1.165) is 12.1 Å². The standard InChI is InChI=1S/C14H8Cl2F3NO4/c1-23-10-5-6(24-14(17,18)19)4-8(16)11(10)9-3-2-7(15)12(20-9)13(21)22/h2-5H,1H3,(H,21,22). The maximum Gasteiger partial charge on any atom is 0.573 e. The summed E-state index contributed by atoms with van der Waals surface area (Å²) in [5.41, 5.74) is -0.257. The molecule has 1 aromatic carbocycles. The molecular formula is C14H8Cl2F3NO4. The Bertz CT molecular complexity index is 796. The molecule has 0 unspecified atom stereocenters. The third kappa shape index (κ3) is 4.01. The first-order chi connectivity index (χ1) is 11.1. The summed E-state index contributed by atoms with van der Waals surface area (Å²) in [6.07, 6.45) is -4.90. The molecule has 0 radical (unpaired) electrons. The van der Waals surface area contributed by atoms with Crippen LogP contribution in [0.5, 0.6) is 11.5 Å². The summed E-state index contributed by atoms with van der Waals surface area (Å²) in [5, 5.41) is 8.78. The monoisotopic (exact) mass is 381 g/mol. The van der Waals surface area contributed by atoms with Crippen LogP contribution in [-0.2, 0) is 0 Å². The molecule has 1 heterocycles.